The van der Waals surface area contributed by atoms with Crippen molar-refractivity contribution in [2.24, 2.45) is 10.1 Å². The van der Waals surface area contributed by atoms with E-state index in [1.165, 1.54) is 0 Å². The number of hydrogen-bond acceptors (Lipinski definition) is 3. The summed E-state index contributed by atoms with van der Waals surface area (Å²) in [7, 11) is -3.66. The van der Waals surface area contributed by atoms with Gasteiger partial charge in [0, 0.05) is 5.56 Å². The van der Waals surface area contributed by atoms with Gasteiger partial charge in [-0.3, -0.25) is 4.72 Å². The molecule has 0 saturated carbocycles. The molecule has 5 nitrogen and oxygen atoms in total. The van der Waals surface area contributed by atoms with E-state index in [-0.39, 0.29) is 5.84 Å². The molecule has 0 spiro atoms. The molecule has 0 bridgehead atoms. The van der Waals surface area contributed by atoms with E-state index in [0.717, 1.165) is 18.4 Å². The van der Waals surface area contributed by atoms with E-state index in [1.54, 1.807) is 6.07 Å². The molecule has 3 N–H and O–H groups in total. The predicted molar refractivity (Wildman–Crippen MR) is 63.7 cm³/mol. The van der Waals surface area contributed by atoms with Crippen molar-refractivity contribution in [3.8, 4) is 0 Å². The van der Waals surface area contributed by atoms with Crippen molar-refractivity contribution in [2.75, 3.05) is 4.72 Å². The van der Waals surface area contributed by atoms with Gasteiger partial charge in [0.05, 0.1) is 5.69 Å². The first kappa shape index (κ1) is 10.9. The molecule has 16 heavy (non-hydrogen) atoms. The first-order chi connectivity index (χ1) is 7.53. The lowest BCUT2D eigenvalue weighted by Gasteiger charge is -2.18. The average molecular weight is 239 g/mol. The van der Waals surface area contributed by atoms with Gasteiger partial charge in [0.2, 0.25) is 0 Å². The molecule has 1 aromatic rings. The van der Waals surface area contributed by atoms with Crippen LogP contribution in [0.15, 0.2) is 22.6 Å². The fourth-order valence-electron chi connectivity index (χ4n) is 1.80. The Morgan fingerprint density at radius 3 is 2.88 bits per heavy atom. The van der Waals surface area contributed by atoms with Gasteiger partial charge in [-0.1, -0.05) is 25.5 Å². The highest BCUT2D eigenvalue weighted by Crippen LogP contribution is 2.25. The summed E-state index contributed by atoms with van der Waals surface area (Å²) in [6, 6.07) is 5.43. The quantitative estimate of drug-likeness (QED) is 0.807. The Morgan fingerprint density at radius 2 is 2.19 bits per heavy atom. The summed E-state index contributed by atoms with van der Waals surface area (Å²) < 4.78 is 28.5. The molecule has 0 fully saturated rings. The first-order valence-corrected chi connectivity index (χ1v) is 6.48. The molecule has 0 atom stereocenters. The second-order valence-corrected chi connectivity index (χ2v) is 4.98. The van der Waals surface area contributed by atoms with Gasteiger partial charge in [-0.25, -0.2) is 0 Å². The standard InChI is InChI=1S/C10H13N3O2S/c1-2-4-7-5-3-6-8-9(7)10(11)13-16(14,15)12-8/h3,5-6,12H,2,4H2,1H3,(H2,11,13). The third kappa shape index (κ3) is 1.88. The number of nitrogens with zero attached hydrogens (tertiary/aromatic N) is 1. The Balaban J connectivity index is 2.60. The fourth-order valence-corrected chi connectivity index (χ4v) is 2.65. The Morgan fingerprint density at radius 1 is 1.44 bits per heavy atom. The summed E-state index contributed by atoms with van der Waals surface area (Å²) in [4.78, 5) is 0. The fraction of sp³-hybridized carbons (Fsp3) is 0.300. The van der Waals surface area contributed by atoms with Gasteiger partial charge in [0.15, 0.2) is 0 Å². The molecule has 1 heterocycles. The summed E-state index contributed by atoms with van der Waals surface area (Å²) in [5.74, 6) is 0.0674. The van der Waals surface area contributed by atoms with Crippen LogP contribution in [0.2, 0.25) is 0 Å². The molecule has 86 valence electrons. The molecular formula is C10H13N3O2S. The maximum atomic E-state index is 11.3. The number of nitrogens with one attached hydrogen (secondary N) is 1. The van der Waals surface area contributed by atoms with Crippen LogP contribution in [0.1, 0.15) is 24.5 Å². The van der Waals surface area contributed by atoms with E-state index >= 15 is 0 Å². The first-order valence-electron chi connectivity index (χ1n) is 5.04. The van der Waals surface area contributed by atoms with E-state index in [0.29, 0.717) is 11.3 Å². The third-order valence-electron chi connectivity index (χ3n) is 2.38. The summed E-state index contributed by atoms with van der Waals surface area (Å²) in [5.41, 5.74) is 7.92. The van der Waals surface area contributed by atoms with Gasteiger partial charge in [-0.05, 0) is 18.1 Å². The number of rotatable bonds is 2. The maximum Gasteiger partial charge on any atom is 0.344 e. The van der Waals surface area contributed by atoms with Crippen LogP contribution in [0.25, 0.3) is 0 Å². The van der Waals surface area contributed by atoms with Crippen molar-refractivity contribution in [2.45, 2.75) is 19.8 Å². The molecular weight excluding hydrogens is 226 g/mol. The highest BCUT2D eigenvalue weighted by atomic mass is 32.2. The lowest BCUT2D eigenvalue weighted by molar-refractivity contribution is 0.602. The molecule has 0 amide bonds. The van der Waals surface area contributed by atoms with Gasteiger partial charge in [-0.15, -0.1) is 4.40 Å². The number of aryl methyl sites for hydroxylation is 1. The monoisotopic (exact) mass is 239 g/mol. The van der Waals surface area contributed by atoms with E-state index in [1.807, 2.05) is 12.1 Å². The lowest BCUT2D eigenvalue weighted by Crippen LogP contribution is -2.27. The van der Waals surface area contributed by atoms with Gasteiger partial charge < -0.3 is 5.73 Å². The minimum Gasteiger partial charge on any atom is -0.382 e. The van der Waals surface area contributed by atoms with Crippen molar-refractivity contribution in [1.29, 1.82) is 0 Å². The van der Waals surface area contributed by atoms with Gasteiger partial charge >= 0.3 is 10.2 Å². The number of fused-ring (bicyclic) bond motifs is 1. The number of benzene rings is 1. The van der Waals surface area contributed by atoms with Crippen molar-refractivity contribution < 1.29 is 8.42 Å². The molecule has 6 heteroatoms. The van der Waals surface area contributed by atoms with Gasteiger partial charge in [0.25, 0.3) is 0 Å². The number of hydrogen-bond donors (Lipinski definition) is 2. The number of anilines is 1. The van der Waals surface area contributed by atoms with Crippen LogP contribution in [0.4, 0.5) is 5.69 Å². The second-order valence-electron chi connectivity index (χ2n) is 3.64. The highest BCUT2D eigenvalue weighted by molar-refractivity contribution is 7.91. The Bertz CT molecular complexity index is 549. The van der Waals surface area contributed by atoms with Crippen LogP contribution in [0.5, 0.6) is 0 Å². The van der Waals surface area contributed by atoms with Crippen LogP contribution in [-0.2, 0) is 16.6 Å². The Hall–Kier alpha value is -1.56. The van der Waals surface area contributed by atoms with E-state index in [9.17, 15) is 8.42 Å². The molecule has 1 aliphatic heterocycles. The average Bonchev–Trinajstić information content (AvgIpc) is 2.15. The zero-order chi connectivity index (χ0) is 11.8. The molecule has 0 saturated heterocycles. The molecule has 0 aliphatic carbocycles. The van der Waals surface area contributed by atoms with Crippen LogP contribution >= 0.6 is 0 Å². The largest absolute Gasteiger partial charge is 0.382 e. The zero-order valence-electron chi connectivity index (χ0n) is 8.90. The smallest absolute Gasteiger partial charge is 0.344 e. The van der Waals surface area contributed by atoms with E-state index < -0.39 is 10.2 Å². The minimum atomic E-state index is -3.66. The van der Waals surface area contributed by atoms with Crippen LogP contribution in [0, 0.1) is 0 Å². The van der Waals surface area contributed by atoms with Crippen molar-refractivity contribution in [3.05, 3.63) is 29.3 Å². The molecule has 1 aliphatic rings. The van der Waals surface area contributed by atoms with Crippen LogP contribution in [-0.4, -0.2) is 14.3 Å². The van der Waals surface area contributed by atoms with Gasteiger partial charge in [-0.2, -0.15) is 8.42 Å². The minimum absolute atomic E-state index is 0.0674. The third-order valence-corrected chi connectivity index (χ3v) is 3.30. The second kappa shape index (κ2) is 3.79. The molecule has 0 radical (unpaired) electrons. The number of nitrogens with two attached hydrogens (primary N) is 1. The summed E-state index contributed by atoms with van der Waals surface area (Å²) in [6.45, 7) is 2.06. The number of amidine groups is 1. The van der Waals surface area contributed by atoms with Crippen LogP contribution in [0.3, 0.4) is 0 Å². The summed E-state index contributed by atoms with van der Waals surface area (Å²) in [5, 5.41) is 0. The maximum absolute atomic E-state index is 11.3. The molecule has 2 rings (SSSR count). The normalized spacial score (nSPS) is 17.2. The van der Waals surface area contributed by atoms with E-state index in [4.69, 9.17) is 5.73 Å². The Labute approximate surface area is 94.6 Å². The molecule has 0 aromatic heterocycles. The SMILES string of the molecule is CCCc1cccc2c1C(N)=NS(=O)(=O)N2. The predicted octanol–water partition coefficient (Wildman–Crippen LogP) is 1.01. The van der Waals surface area contributed by atoms with Crippen molar-refractivity contribution in [1.82, 2.24) is 0 Å². The van der Waals surface area contributed by atoms with Crippen LogP contribution < -0.4 is 10.5 Å². The van der Waals surface area contributed by atoms with E-state index in [2.05, 4.69) is 16.0 Å². The Kier molecular flexibility index (Phi) is 2.59. The summed E-state index contributed by atoms with van der Waals surface area (Å²) >= 11 is 0. The zero-order valence-corrected chi connectivity index (χ0v) is 9.71. The van der Waals surface area contributed by atoms with Gasteiger partial charge in [0.1, 0.15) is 5.84 Å². The molecule has 0 unspecified atom stereocenters. The van der Waals surface area contributed by atoms with Crippen molar-refractivity contribution >= 4 is 21.7 Å². The topological polar surface area (TPSA) is 84.5 Å². The summed E-state index contributed by atoms with van der Waals surface area (Å²) in [6.07, 6.45) is 1.82. The highest BCUT2D eigenvalue weighted by Gasteiger charge is 2.22. The van der Waals surface area contributed by atoms with Crippen molar-refractivity contribution in [3.63, 3.8) is 0 Å². The molecule has 1 aromatic carbocycles. The lowest BCUT2D eigenvalue weighted by atomic mass is 10.0.